The van der Waals surface area contributed by atoms with Crippen LogP contribution in [0.3, 0.4) is 0 Å². The summed E-state index contributed by atoms with van der Waals surface area (Å²) in [6.07, 6.45) is -0.0277. The fourth-order valence-corrected chi connectivity index (χ4v) is 2.76. The average molecular weight is 383 g/mol. The predicted molar refractivity (Wildman–Crippen MR) is 106 cm³/mol. The monoisotopic (exact) mass is 383 g/mol. The topological polar surface area (TPSA) is 81.7 Å². The Bertz CT molecular complexity index is 888. The van der Waals surface area contributed by atoms with Crippen molar-refractivity contribution in [2.45, 2.75) is 27.2 Å². The van der Waals surface area contributed by atoms with Crippen LogP contribution in [-0.2, 0) is 9.53 Å². The van der Waals surface area contributed by atoms with Gasteiger partial charge in [-0.3, -0.25) is 14.4 Å². The van der Waals surface area contributed by atoms with Gasteiger partial charge in [0.25, 0.3) is 5.91 Å². The summed E-state index contributed by atoms with van der Waals surface area (Å²) in [5, 5.41) is 2.64. The zero-order valence-corrected chi connectivity index (χ0v) is 16.6. The molecular weight excluding hydrogens is 358 g/mol. The third-order valence-electron chi connectivity index (χ3n) is 4.47. The van der Waals surface area contributed by atoms with E-state index in [1.165, 1.54) is 7.11 Å². The molecule has 1 amide bonds. The first-order valence-electron chi connectivity index (χ1n) is 9.01. The van der Waals surface area contributed by atoms with E-state index in [2.05, 4.69) is 5.32 Å². The minimum atomic E-state index is -0.546. The lowest BCUT2D eigenvalue weighted by molar-refractivity contribution is -0.142. The summed E-state index contributed by atoms with van der Waals surface area (Å²) in [6.45, 7) is 5.56. The van der Waals surface area contributed by atoms with E-state index in [1.54, 1.807) is 24.3 Å². The van der Waals surface area contributed by atoms with Crippen LogP contribution in [0, 0.1) is 20.8 Å². The van der Waals surface area contributed by atoms with Crippen LogP contribution in [0.2, 0.25) is 0 Å². The van der Waals surface area contributed by atoms with Gasteiger partial charge in [-0.15, -0.1) is 0 Å². The highest BCUT2D eigenvalue weighted by Crippen LogP contribution is 2.17. The molecule has 0 fully saturated rings. The molecular formula is C22H25NO5. The molecule has 0 heterocycles. The van der Waals surface area contributed by atoms with Crippen molar-refractivity contribution in [3.63, 3.8) is 0 Å². The van der Waals surface area contributed by atoms with Crippen LogP contribution in [0.1, 0.15) is 43.8 Å². The van der Waals surface area contributed by atoms with Crippen molar-refractivity contribution in [3.05, 3.63) is 64.2 Å². The van der Waals surface area contributed by atoms with Gasteiger partial charge in [0.1, 0.15) is 5.75 Å². The zero-order chi connectivity index (χ0) is 20.7. The largest absolute Gasteiger partial charge is 0.496 e. The van der Waals surface area contributed by atoms with Gasteiger partial charge in [0.2, 0.25) is 5.78 Å². The molecule has 148 valence electrons. The molecule has 0 bridgehead atoms. The molecule has 0 saturated carbocycles. The fraction of sp³-hybridized carbons (Fsp3) is 0.318. The molecule has 0 saturated heterocycles. The van der Waals surface area contributed by atoms with E-state index >= 15 is 0 Å². The van der Waals surface area contributed by atoms with Crippen LogP contribution in [0.15, 0.2) is 36.4 Å². The minimum Gasteiger partial charge on any atom is -0.496 e. The molecule has 2 aromatic rings. The van der Waals surface area contributed by atoms with Crippen LogP contribution in [-0.4, -0.2) is 37.9 Å². The van der Waals surface area contributed by atoms with Gasteiger partial charge in [0.05, 0.1) is 19.1 Å². The van der Waals surface area contributed by atoms with Crippen molar-refractivity contribution in [2.75, 3.05) is 20.3 Å². The molecule has 0 radical (unpaired) electrons. The Kier molecular flexibility index (Phi) is 7.32. The molecule has 6 heteroatoms. The Balaban J connectivity index is 1.81. The molecule has 2 rings (SSSR count). The number of rotatable bonds is 8. The van der Waals surface area contributed by atoms with Crippen molar-refractivity contribution in [3.8, 4) is 5.75 Å². The summed E-state index contributed by atoms with van der Waals surface area (Å²) in [7, 11) is 1.48. The van der Waals surface area contributed by atoms with Crippen molar-refractivity contribution in [1.82, 2.24) is 5.32 Å². The molecule has 2 aromatic carbocycles. The molecule has 0 spiro atoms. The van der Waals surface area contributed by atoms with Gasteiger partial charge in [-0.1, -0.05) is 18.2 Å². The molecule has 28 heavy (non-hydrogen) atoms. The second-order valence-electron chi connectivity index (χ2n) is 6.54. The Morgan fingerprint density at radius 1 is 0.929 bits per heavy atom. The lowest BCUT2D eigenvalue weighted by Crippen LogP contribution is -2.27. The van der Waals surface area contributed by atoms with Gasteiger partial charge >= 0.3 is 5.97 Å². The highest BCUT2D eigenvalue weighted by atomic mass is 16.5. The number of aryl methyl sites for hydroxylation is 3. The number of ether oxygens (including phenoxy) is 2. The molecule has 0 aliphatic rings. The number of hydrogen-bond donors (Lipinski definition) is 1. The number of methoxy groups -OCH3 is 1. The molecule has 1 N–H and O–H groups in total. The number of ketones is 1. The molecule has 0 aliphatic carbocycles. The first-order valence-corrected chi connectivity index (χ1v) is 9.01. The van der Waals surface area contributed by atoms with Crippen LogP contribution in [0.5, 0.6) is 5.75 Å². The van der Waals surface area contributed by atoms with E-state index < -0.39 is 5.97 Å². The minimum absolute atomic E-state index is 0.0277. The molecule has 0 aliphatic heterocycles. The Hall–Kier alpha value is -3.15. The third kappa shape index (κ3) is 5.42. The summed E-state index contributed by atoms with van der Waals surface area (Å²) in [5.74, 6) is -0.675. The van der Waals surface area contributed by atoms with E-state index in [0.29, 0.717) is 16.9 Å². The van der Waals surface area contributed by atoms with Gasteiger partial charge < -0.3 is 14.8 Å². The first-order chi connectivity index (χ1) is 13.3. The van der Waals surface area contributed by atoms with E-state index in [9.17, 15) is 14.4 Å². The van der Waals surface area contributed by atoms with Crippen LogP contribution < -0.4 is 10.1 Å². The number of nitrogens with one attached hydrogen (secondary N) is 1. The Morgan fingerprint density at radius 2 is 1.61 bits per heavy atom. The SMILES string of the molecule is COc1ccccc1C(=O)NCCC(=O)OCC(=O)c1cc(C)c(C)cc1C. The maximum absolute atomic E-state index is 12.3. The number of benzene rings is 2. The van der Waals surface area contributed by atoms with E-state index in [-0.39, 0.29) is 31.3 Å². The van der Waals surface area contributed by atoms with Crippen LogP contribution in [0.4, 0.5) is 0 Å². The number of Topliss-reactive ketones (excluding diaryl/α,β-unsaturated/α-hetero) is 1. The molecule has 0 atom stereocenters. The van der Waals surface area contributed by atoms with E-state index in [1.807, 2.05) is 32.9 Å². The van der Waals surface area contributed by atoms with Gasteiger partial charge in [-0.05, 0) is 55.7 Å². The summed E-state index contributed by atoms with van der Waals surface area (Å²) in [6, 6.07) is 10.6. The number of carbonyl (C=O) groups is 3. The van der Waals surface area contributed by atoms with E-state index in [4.69, 9.17) is 9.47 Å². The standard InChI is InChI=1S/C22H25NO5/c1-14-11-16(3)18(12-15(14)2)19(24)13-28-21(25)9-10-23-22(26)17-7-5-6-8-20(17)27-4/h5-8,11-12H,9-10,13H2,1-4H3,(H,23,26). The molecule has 6 nitrogen and oxygen atoms in total. The van der Waals surface area contributed by atoms with Gasteiger partial charge in [0, 0.05) is 12.1 Å². The maximum atomic E-state index is 12.3. The maximum Gasteiger partial charge on any atom is 0.308 e. The number of hydrogen-bond acceptors (Lipinski definition) is 5. The van der Waals surface area contributed by atoms with Crippen LogP contribution in [0.25, 0.3) is 0 Å². The summed E-state index contributed by atoms with van der Waals surface area (Å²) >= 11 is 0. The van der Waals surface area contributed by atoms with Crippen molar-refractivity contribution in [2.24, 2.45) is 0 Å². The second kappa shape index (κ2) is 9.69. The first kappa shape index (κ1) is 21.2. The number of esters is 1. The second-order valence-corrected chi connectivity index (χ2v) is 6.54. The normalized spacial score (nSPS) is 10.3. The Labute approximate surface area is 164 Å². The van der Waals surface area contributed by atoms with Crippen molar-refractivity contribution >= 4 is 17.7 Å². The average Bonchev–Trinajstić information content (AvgIpc) is 2.68. The zero-order valence-electron chi connectivity index (χ0n) is 16.6. The van der Waals surface area contributed by atoms with Crippen LogP contribution >= 0.6 is 0 Å². The smallest absolute Gasteiger partial charge is 0.308 e. The highest BCUT2D eigenvalue weighted by Gasteiger charge is 2.15. The summed E-state index contributed by atoms with van der Waals surface area (Å²) in [4.78, 5) is 36.3. The third-order valence-corrected chi connectivity index (χ3v) is 4.47. The van der Waals surface area contributed by atoms with Gasteiger partial charge in [-0.2, -0.15) is 0 Å². The molecule has 0 unspecified atom stereocenters. The number of carbonyl (C=O) groups excluding carboxylic acids is 3. The van der Waals surface area contributed by atoms with E-state index in [0.717, 1.165) is 16.7 Å². The van der Waals surface area contributed by atoms with Gasteiger partial charge in [0.15, 0.2) is 6.61 Å². The van der Waals surface area contributed by atoms with Gasteiger partial charge in [-0.25, -0.2) is 0 Å². The highest BCUT2D eigenvalue weighted by molar-refractivity contribution is 5.99. The lowest BCUT2D eigenvalue weighted by atomic mass is 9.98. The summed E-state index contributed by atoms with van der Waals surface area (Å²) in [5.41, 5.74) is 3.92. The fourth-order valence-electron chi connectivity index (χ4n) is 2.76. The van der Waals surface area contributed by atoms with Crippen molar-refractivity contribution in [1.29, 1.82) is 0 Å². The quantitative estimate of drug-likeness (QED) is 0.559. The summed E-state index contributed by atoms with van der Waals surface area (Å²) < 4.78 is 10.2. The lowest BCUT2D eigenvalue weighted by Gasteiger charge is -2.10. The Morgan fingerprint density at radius 3 is 2.32 bits per heavy atom. The number of amides is 1. The predicted octanol–water partition coefficient (Wildman–Crippen LogP) is 3.17. The molecule has 0 aromatic heterocycles. The van der Waals surface area contributed by atoms with Crippen molar-refractivity contribution < 1.29 is 23.9 Å². The number of para-hydroxylation sites is 1.